The molecule has 1 aliphatic carbocycles. The Labute approximate surface area is 102 Å². The molecule has 1 aromatic heterocycles. The first-order valence-corrected chi connectivity index (χ1v) is 5.75. The van der Waals surface area contributed by atoms with Crippen LogP contribution in [0.15, 0.2) is 24.3 Å². The van der Waals surface area contributed by atoms with Crippen molar-refractivity contribution in [2.45, 2.75) is 18.8 Å². The number of hydrogen-bond donors (Lipinski definition) is 2. The minimum Gasteiger partial charge on any atom is -0.476 e. The van der Waals surface area contributed by atoms with Gasteiger partial charge in [-0.3, -0.25) is 0 Å². The topological polar surface area (TPSA) is 66.0 Å². The fourth-order valence-corrected chi connectivity index (χ4v) is 2.00. The van der Waals surface area contributed by atoms with Crippen LogP contribution in [-0.4, -0.2) is 21.0 Å². The van der Waals surface area contributed by atoms with Gasteiger partial charge in [-0.25, -0.2) is 14.2 Å². The minimum atomic E-state index is -1.07. The van der Waals surface area contributed by atoms with E-state index in [9.17, 15) is 9.18 Å². The maximum Gasteiger partial charge on any atom is 0.356 e. The Morgan fingerprint density at radius 1 is 1.39 bits per heavy atom. The van der Waals surface area contributed by atoms with Crippen molar-refractivity contribution in [1.29, 1.82) is 0 Å². The van der Waals surface area contributed by atoms with Gasteiger partial charge < -0.3 is 10.1 Å². The van der Waals surface area contributed by atoms with Gasteiger partial charge in [0.1, 0.15) is 11.6 Å². The van der Waals surface area contributed by atoms with Crippen LogP contribution in [0, 0.1) is 5.82 Å². The minimum absolute atomic E-state index is 0.00996. The SMILES string of the molecule is O=C(O)c1nc(-c2ccccc2F)[nH]c1C1CC1. The number of aromatic carboxylic acids is 1. The molecule has 2 aromatic rings. The van der Waals surface area contributed by atoms with E-state index in [0.717, 1.165) is 12.8 Å². The third-order valence-corrected chi connectivity index (χ3v) is 3.05. The summed E-state index contributed by atoms with van der Waals surface area (Å²) < 4.78 is 13.6. The molecular formula is C13H11FN2O2. The number of nitrogens with zero attached hydrogens (tertiary/aromatic N) is 1. The quantitative estimate of drug-likeness (QED) is 0.875. The molecule has 0 spiro atoms. The van der Waals surface area contributed by atoms with Gasteiger partial charge in [0.05, 0.1) is 11.3 Å². The second-order valence-corrected chi connectivity index (χ2v) is 4.41. The third kappa shape index (κ3) is 1.77. The van der Waals surface area contributed by atoms with Gasteiger partial charge in [-0.05, 0) is 25.0 Å². The summed E-state index contributed by atoms with van der Waals surface area (Å²) in [5.41, 5.74) is 0.920. The number of carbonyl (C=O) groups is 1. The van der Waals surface area contributed by atoms with Crippen LogP contribution in [-0.2, 0) is 0 Å². The van der Waals surface area contributed by atoms with Crippen molar-refractivity contribution < 1.29 is 14.3 Å². The van der Waals surface area contributed by atoms with Crippen LogP contribution in [0.4, 0.5) is 4.39 Å². The summed E-state index contributed by atoms with van der Waals surface area (Å²) in [6.45, 7) is 0. The predicted octanol–water partition coefficient (Wildman–Crippen LogP) is 2.79. The number of H-pyrrole nitrogens is 1. The van der Waals surface area contributed by atoms with Gasteiger partial charge >= 0.3 is 5.97 Å². The number of hydrogen-bond acceptors (Lipinski definition) is 2. The Morgan fingerprint density at radius 3 is 2.72 bits per heavy atom. The number of benzene rings is 1. The van der Waals surface area contributed by atoms with Crippen molar-refractivity contribution in [1.82, 2.24) is 9.97 Å². The molecule has 0 radical (unpaired) electrons. The molecule has 92 valence electrons. The maximum absolute atomic E-state index is 13.6. The van der Waals surface area contributed by atoms with E-state index in [4.69, 9.17) is 5.11 Å². The van der Waals surface area contributed by atoms with E-state index in [1.807, 2.05) is 0 Å². The highest BCUT2D eigenvalue weighted by molar-refractivity contribution is 5.88. The van der Waals surface area contributed by atoms with E-state index >= 15 is 0 Å². The lowest BCUT2D eigenvalue weighted by Crippen LogP contribution is -2.00. The second kappa shape index (κ2) is 3.94. The number of halogens is 1. The summed E-state index contributed by atoms with van der Waals surface area (Å²) in [6, 6.07) is 6.19. The number of nitrogens with one attached hydrogen (secondary N) is 1. The third-order valence-electron chi connectivity index (χ3n) is 3.05. The zero-order chi connectivity index (χ0) is 12.7. The molecule has 1 fully saturated rings. The molecule has 1 saturated carbocycles. The Kier molecular flexibility index (Phi) is 2.40. The van der Waals surface area contributed by atoms with Crippen LogP contribution in [0.25, 0.3) is 11.4 Å². The van der Waals surface area contributed by atoms with Crippen LogP contribution >= 0.6 is 0 Å². The zero-order valence-corrected chi connectivity index (χ0v) is 9.48. The monoisotopic (exact) mass is 246 g/mol. The van der Waals surface area contributed by atoms with Gasteiger partial charge in [0.2, 0.25) is 0 Å². The highest BCUT2D eigenvalue weighted by Gasteiger charge is 2.31. The van der Waals surface area contributed by atoms with Crippen LogP contribution in [0.3, 0.4) is 0 Å². The molecule has 1 aliphatic rings. The molecule has 0 aliphatic heterocycles. The average molecular weight is 246 g/mol. The molecular weight excluding hydrogens is 235 g/mol. The van der Waals surface area contributed by atoms with Gasteiger partial charge in [-0.2, -0.15) is 0 Å². The smallest absolute Gasteiger partial charge is 0.356 e. The van der Waals surface area contributed by atoms with E-state index in [-0.39, 0.29) is 17.4 Å². The lowest BCUT2D eigenvalue weighted by atomic mass is 10.2. The predicted molar refractivity (Wildman–Crippen MR) is 62.9 cm³/mol. The standard InChI is InChI=1S/C13H11FN2O2/c14-9-4-2-1-3-8(9)12-15-10(7-5-6-7)11(16-12)13(17)18/h1-4,7H,5-6H2,(H,15,16)(H,17,18). The fraction of sp³-hybridized carbons (Fsp3) is 0.231. The number of imidazole rings is 1. The molecule has 0 atom stereocenters. The van der Waals surface area contributed by atoms with Crippen molar-refractivity contribution in [2.75, 3.05) is 0 Å². The second-order valence-electron chi connectivity index (χ2n) is 4.41. The molecule has 0 bridgehead atoms. The van der Waals surface area contributed by atoms with Gasteiger partial charge in [0.15, 0.2) is 5.69 Å². The summed E-state index contributed by atoms with van der Waals surface area (Å²) in [5, 5.41) is 9.10. The highest BCUT2D eigenvalue weighted by atomic mass is 19.1. The van der Waals surface area contributed by atoms with Gasteiger partial charge in [0.25, 0.3) is 0 Å². The number of rotatable bonds is 3. The molecule has 0 unspecified atom stereocenters. The average Bonchev–Trinajstić information content (AvgIpc) is 3.09. The Bertz CT molecular complexity index is 617. The van der Waals surface area contributed by atoms with Crippen LogP contribution in [0.2, 0.25) is 0 Å². The van der Waals surface area contributed by atoms with E-state index in [1.54, 1.807) is 18.2 Å². The molecule has 4 nitrogen and oxygen atoms in total. The van der Waals surface area contributed by atoms with Crippen LogP contribution in [0.5, 0.6) is 0 Å². The Morgan fingerprint density at radius 2 is 2.11 bits per heavy atom. The van der Waals surface area contributed by atoms with Crippen molar-refractivity contribution in [3.63, 3.8) is 0 Å². The van der Waals surface area contributed by atoms with Gasteiger partial charge in [0, 0.05) is 5.92 Å². The summed E-state index contributed by atoms with van der Waals surface area (Å²) in [6.07, 6.45) is 1.92. The largest absolute Gasteiger partial charge is 0.476 e. The van der Waals surface area contributed by atoms with Crippen molar-refractivity contribution >= 4 is 5.97 Å². The molecule has 1 aromatic carbocycles. The Hall–Kier alpha value is -2.17. The highest BCUT2D eigenvalue weighted by Crippen LogP contribution is 2.41. The van der Waals surface area contributed by atoms with Crippen LogP contribution in [0.1, 0.15) is 34.9 Å². The van der Waals surface area contributed by atoms with E-state index in [0.29, 0.717) is 11.3 Å². The van der Waals surface area contributed by atoms with Crippen molar-refractivity contribution in [3.05, 3.63) is 41.5 Å². The summed E-state index contributed by atoms with van der Waals surface area (Å²) in [7, 11) is 0. The number of aromatic nitrogens is 2. The lowest BCUT2D eigenvalue weighted by molar-refractivity contribution is 0.0690. The molecule has 3 rings (SSSR count). The molecule has 0 amide bonds. The fourth-order valence-electron chi connectivity index (χ4n) is 2.00. The molecule has 5 heteroatoms. The van der Waals surface area contributed by atoms with Gasteiger partial charge in [-0.15, -0.1) is 0 Å². The molecule has 0 saturated heterocycles. The van der Waals surface area contributed by atoms with E-state index in [2.05, 4.69) is 9.97 Å². The first-order valence-electron chi connectivity index (χ1n) is 5.75. The maximum atomic E-state index is 13.6. The summed E-state index contributed by atoms with van der Waals surface area (Å²) in [5.74, 6) is -0.974. The van der Waals surface area contributed by atoms with Crippen molar-refractivity contribution in [2.24, 2.45) is 0 Å². The number of aromatic amines is 1. The number of carboxylic acid groups (broad SMARTS) is 1. The van der Waals surface area contributed by atoms with Gasteiger partial charge in [-0.1, -0.05) is 12.1 Å². The van der Waals surface area contributed by atoms with E-state index in [1.165, 1.54) is 6.07 Å². The Balaban J connectivity index is 2.11. The normalized spacial score (nSPS) is 14.7. The van der Waals surface area contributed by atoms with Crippen molar-refractivity contribution in [3.8, 4) is 11.4 Å². The molecule has 2 N–H and O–H groups in total. The molecule has 18 heavy (non-hydrogen) atoms. The zero-order valence-electron chi connectivity index (χ0n) is 9.48. The summed E-state index contributed by atoms with van der Waals surface area (Å²) in [4.78, 5) is 18.1. The van der Waals surface area contributed by atoms with E-state index < -0.39 is 11.8 Å². The first-order chi connectivity index (χ1) is 8.66. The molecule has 1 heterocycles. The van der Waals surface area contributed by atoms with Crippen LogP contribution < -0.4 is 0 Å². The number of carboxylic acids is 1. The first kappa shape index (κ1) is 11.0. The lowest BCUT2D eigenvalue weighted by Gasteiger charge is -1.97. The summed E-state index contributed by atoms with van der Waals surface area (Å²) >= 11 is 0.